The summed E-state index contributed by atoms with van der Waals surface area (Å²) in [5.74, 6) is 0. The Kier molecular flexibility index (Phi) is 9.50. The number of rotatable bonds is 9. The van der Waals surface area contributed by atoms with E-state index in [4.69, 9.17) is 4.42 Å². The Morgan fingerprint density at radius 3 is 1.45 bits per heavy atom. The summed E-state index contributed by atoms with van der Waals surface area (Å²) in [7, 11) is 0. The van der Waals surface area contributed by atoms with Crippen molar-refractivity contribution >= 4 is 77.6 Å². The highest BCUT2D eigenvalue weighted by atomic mass is 16.3. The first-order valence-electron chi connectivity index (χ1n) is 22.2. The number of benzene rings is 11. The van der Waals surface area contributed by atoms with Crippen molar-refractivity contribution in [2.45, 2.75) is 0 Å². The van der Waals surface area contributed by atoms with Crippen LogP contribution in [0, 0.1) is 0 Å². The molecule has 0 aliphatic rings. The summed E-state index contributed by atoms with van der Waals surface area (Å²) in [6, 6.07) is 91.4. The molecule has 306 valence electrons. The minimum Gasteiger partial charge on any atom is -0.456 e. The molecular formula is C62H42N2O. The summed E-state index contributed by atoms with van der Waals surface area (Å²) in [4.78, 5) is 4.75. The van der Waals surface area contributed by atoms with Crippen LogP contribution in [0.25, 0.3) is 76.9 Å². The molecule has 0 aliphatic heterocycles. The fraction of sp³-hybridized carbons (Fsp3) is 0. The van der Waals surface area contributed by atoms with Gasteiger partial charge in [-0.05, 0) is 128 Å². The zero-order valence-electron chi connectivity index (χ0n) is 35.6. The van der Waals surface area contributed by atoms with E-state index in [1.807, 2.05) is 0 Å². The number of hydrogen-bond donors (Lipinski definition) is 0. The Labute approximate surface area is 378 Å². The van der Waals surface area contributed by atoms with Crippen LogP contribution in [-0.2, 0) is 0 Å². The van der Waals surface area contributed by atoms with Crippen molar-refractivity contribution < 1.29 is 4.42 Å². The number of hydrogen-bond acceptors (Lipinski definition) is 3. The lowest BCUT2D eigenvalue weighted by molar-refractivity contribution is 0.669. The first-order valence-corrected chi connectivity index (χ1v) is 22.2. The lowest BCUT2D eigenvalue weighted by Crippen LogP contribution is -2.14. The molecule has 12 aromatic rings. The molecule has 0 bridgehead atoms. The predicted octanol–water partition coefficient (Wildman–Crippen LogP) is 17.8. The number of furan rings is 1. The van der Waals surface area contributed by atoms with E-state index in [1.165, 1.54) is 38.4 Å². The van der Waals surface area contributed by atoms with Crippen LogP contribution in [0.3, 0.4) is 0 Å². The van der Waals surface area contributed by atoms with Crippen molar-refractivity contribution in [3.05, 3.63) is 255 Å². The van der Waals surface area contributed by atoms with E-state index in [0.29, 0.717) is 0 Å². The molecule has 11 aromatic carbocycles. The molecule has 1 heterocycles. The van der Waals surface area contributed by atoms with Crippen molar-refractivity contribution in [1.29, 1.82) is 0 Å². The maximum absolute atomic E-state index is 7.02. The summed E-state index contributed by atoms with van der Waals surface area (Å²) in [6.07, 6.45) is 0. The molecule has 3 nitrogen and oxygen atoms in total. The standard InChI is InChI=1S/C62H42N2O/c1-5-17-43(18-6-1)45-31-33-53(34-32-45)63(51-25-9-3-10-26-51)55-41-59(62-58-38-48-23-15-16-24-49(48)39-60(58)65-61(62)42-55)64(52-27-11-4-12-28-52)54-35-36-56(46-20-7-2-8-21-46)57(40-54)50-30-29-44-19-13-14-22-47(44)37-50/h1-42H. The van der Waals surface area contributed by atoms with E-state index in [2.05, 4.69) is 265 Å². The zero-order chi connectivity index (χ0) is 43.1. The molecule has 0 atom stereocenters. The first-order chi connectivity index (χ1) is 32.2. The Morgan fingerprint density at radius 1 is 0.262 bits per heavy atom. The molecule has 0 saturated heterocycles. The van der Waals surface area contributed by atoms with Gasteiger partial charge < -0.3 is 14.2 Å². The third-order valence-corrected chi connectivity index (χ3v) is 12.6. The molecule has 0 amide bonds. The number of anilines is 6. The van der Waals surface area contributed by atoms with Crippen LogP contribution in [0.5, 0.6) is 0 Å². The molecule has 0 fully saturated rings. The third kappa shape index (κ3) is 7.06. The fourth-order valence-corrected chi connectivity index (χ4v) is 9.46. The Morgan fingerprint density at radius 2 is 0.769 bits per heavy atom. The molecule has 65 heavy (non-hydrogen) atoms. The molecule has 0 N–H and O–H groups in total. The lowest BCUT2D eigenvalue weighted by atomic mass is 9.92. The highest BCUT2D eigenvalue weighted by molar-refractivity contribution is 6.17. The largest absolute Gasteiger partial charge is 0.456 e. The normalized spacial score (nSPS) is 11.4. The Hall–Kier alpha value is -8.66. The van der Waals surface area contributed by atoms with E-state index in [0.717, 1.165) is 72.6 Å². The molecule has 0 saturated carbocycles. The topological polar surface area (TPSA) is 19.6 Å². The summed E-state index contributed by atoms with van der Waals surface area (Å²) in [6.45, 7) is 0. The second-order valence-corrected chi connectivity index (χ2v) is 16.5. The first kappa shape index (κ1) is 38.0. The van der Waals surface area contributed by atoms with E-state index >= 15 is 0 Å². The minimum atomic E-state index is 0.807. The van der Waals surface area contributed by atoms with Crippen molar-refractivity contribution in [3.8, 4) is 33.4 Å². The van der Waals surface area contributed by atoms with Gasteiger partial charge in [-0.1, -0.05) is 176 Å². The van der Waals surface area contributed by atoms with E-state index in [-0.39, 0.29) is 0 Å². The minimum absolute atomic E-state index is 0.807. The van der Waals surface area contributed by atoms with Crippen molar-refractivity contribution in [2.75, 3.05) is 9.80 Å². The van der Waals surface area contributed by atoms with Gasteiger partial charge in [0.2, 0.25) is 0 Å². The smallest absolute Gasteiger partial charge is 0.139 e. The third-order valence-electron chi connectivity index (χ3n) is 12.6. The highest BCUT2D eigenvalue weighted by Gasteiger charge is 2.25. The van der Waals surface area contributed by atoms with Crippen LogP contribution in [0.4, 0.5) is 34.1 Å². The van der Waals surface area contributed by atoms with Gasteiger partial charge in [0, 0.05) is 34.2 Å². The van der Waals surface area contributed by atoms with Gasteiger partial charge in [0.05, 0.1) is 16.8 Å². The average Bonchev–Trinajstić information content (AvgIpc) is 3.74. The fourth-order valence-electron chi connectivity index (χ4n) is 9.46. The SMILES string of the molecule is c1ccc(-c2ccc(N(c3ccccc3)c3cc(N(c4ccccc4)c4ccc(-c5ccccc5)c(-c5ccc6ccccc6c5)c4)c4c(c3)oc3cc5ccccc5cc34)cc2)cc1. The summed E-state index contributed by atoms with van der Waals surface area (Å²) >= 11 is 0. The molecule has 0 radical (unpaired) electrons. The molecule has 3 heteroatoms. The van der Waals surface area contributed by atoms with Crippen LogP contribution in [-0.4, -0.2) is 0 Å². The van der Waals surface area contributed by atoms with E-state index in [9.17, 15) is 0 Å². The maximum atomic E-state index is 7.02. The quantitative estimate of drug-likeness (QED) is 0.144. The summed E-state index contributed by atoms with van der Waals surface area (Å²) in [5.41, 5.74) is 14.8. The summed E-state index contributed by atoms with van der Waals surface area (Å²) in [5, 5.41) is 6.84. The highest BCUT2D eigenvalue weighted by Crippen LogP contribution is 2.49. The van der Waals surface area contributed by atoms with Gasteiger partial charge in [0.15, 0.2) is 0 Å². The van der Waals surface area contributed by atoms with Crippen molar-refractivity contribution in [2.24, 2.45) is 0 Å². The molecule has 1 aromatic heterocycles. The van der Waals surface area contributed by atoms with Gasteiger partial charge >= 0.3 is 0 Å². The second-order valence-electron chi connectivity index (χ2n) is 16.5. The van der Waals surface area contributed by atoms with Crippen LogP contribution in [0.2, 0.25) is 0 Å². The van der Waals surface area contributed by atoms with Crippen LogP contribution >= 0.6 is 0 Å². The van der Waals surface area contributed by atoms with Crippen molar-refractivity contribution in [3.63, 3.8) is 0 Å². The molecule has 0 aliphatic carbocycles. The van der Waals surface area contributed by atoms with Crippen LogP contribution in [0.1, 0.15) is 0 Å². The monoisotopic (exact) mass is 830 g/mol. The Balaban J connectivity index is 1.13. The van der Waals surface area contributed by atoms with Crippen LogP contribution in [0.15, 0.2) is 259 Å². The van der Waals surface area contributed by atoms with Crippen molar-refractivity contribution in [1.82, 2.24) is 0 Å². The molecule has 12 rings (SSSR count). The van der Waals surface area contributed by atoms with Gasteiger partial charge in [-0.2, -0.15) is 0 Å². The number of nitrogens with zero attached hydrogens (tertiary/aromatic N) is 2. The van der Waals surface area contributed by atoms with Gasteiger partial charge in [-0.15, -0.1) is 0 Å². The zero-order valence-corrected chi connectivity index (χ0v) is 35.6. The number of para-hydroxylation sites is 2. The van der Waals surface area contributed by atoms with Gasteiger partial charge in [-0.25, -0.2) is 0 Å². The number of fused-ring (bicyclic) bond motifs is 5. The molecular weight excluding hydrogens is 789 g/mol. The lowest BCUT2D eigenvalue weighted by Gasteiger charge is -2.30. The van der Waals surface area contributed by atoms with Gasteiger partial charge in [0.25, 0.3) is 0 Å². The second kappa shape index (κ2) is 16.2. The van der Waals surface area contributed by atoms with E-state index < -0.39 is 0 Å². The van der Waals surface area contributed by atoms with Gasteiger partial charge in [-0.3, -0.25) is 0 Å². The Bertz CT molecular complexity index is 3640. The predicted molar refractivity (Wildman–Crippen MR) is 274 cm³/mol. The molecule has 0 unspecified atom stereocenters. The average molecular weight is 831 g/mol. The van der Waals surface area contributed by atoms with Gasteiger partial charge in [0.1, 0.15) is 11.2 Å². The summed E-state index contributed by atoms with van der Waals surface area (Å²) < 4.78 is 7.02. The maximum Gasteiger partial charge on any atom is 0.139 e. The molecule has 0 spiro atoms. The van der Waals surface area contributed by atoms with E-state index in [1.54, 1.807) is 0 Å². The van der Waals surface area contributed by atoms with Crippen LogP contribution < -0.4 is 9.80 Å².